The van der Waals surface area contributed by atoms with E-state index < -0.39 is 0 Å². The van der Waals surface area contributed by atoms with Crippen molar-refractivity contribution in [3.05, 3.63) is 25.0 Å². The Morgan fingerprint density at radius 3 is 1.58 bits per heavy atom. The van der Waals surface area contributed by atoms with Gasteiger partial charge < -0.3 is 6.42 Å². The fourth-order valence-corrected chi connectivity index (χ4v) is 2.81. The van der Waals surface area contributed by atoms with Crippen molar-refractivity contribution in [2.24, 2.45) is 17.8 Å². The predicted molar refractivity (Wildman–Crippen MR) is 109 cm³/mol. The molecule has 1 heteroatoms. The van der Waals surface area contributed by atoms with Crippen LogP contribution in [0, 0.1) is 31.1 Å². The van der Waals surface area contributed by atoms with Gasteiger partial charge in [-0.25, -0.2) is 18.6 Å². The van der Waals surface area contributed by atoms with Crippen LogP contribution in [0.2, 0.25) is 0 Å². The van der Waals surface area contributed by atoms with Crippen LogP contribution < -0.4 is 0 Å². The quantitative estimate of drug-likeness (QED) is 0.283. The first-order valence-electron chi connectivity index (χ1n) is 10.1. The van der Waals surface area contributed by atoms with E-state index in [-0.39, 0.29) is 32.7 Å². The Bertz CT molecular complexity index is 255. The number of rotatable bonds is 12. The van der Waals surface area contributed by atoms with Crippen LogP contribution in [0.1, 0.15) is 106 Å². The average molecular weight is 412 g/mol. The zero-order chi connectivity index (χ0) is 18.1. The molecule has 2 atom stereocenters. The molecule has 0 bridgehead atoms. The molecule has 0 amide bonds. The van der Waals surface area contributed by atoms with Crippen molar-refractivity contribution in [1.82, 2.24) is 0 Å². The maximum atomic E-state index is 3.83. The summed E-state index contributed by atoms with van der Waals surface area (Å²) < 4.78 is 0. The third-order valence-electron chi connectivity index (χ3n) is 4.49. The molecule has 0 fully saturated rings. The molecule has 0 aliphatic heterocycles. The van der Waals surface area contributed by atoms with Crippen LogP contribution in [0.25, 0.3) is 0 Å². The molecule has 0 aromatic carbocycles. The predicted octanol–water partition coefficient (Wildman–Crippen LogP) is 8.43. The van der Waals surface area contributed by atoms with E-state index >= 15 is 0 Å². The van der Waals surface area contributed by atoms with Gasteiger partial charge in [-0.1, -0.05) is 85.5 Å². The van der Waals surface area contributed by atoms with Gasteiger partial charge in [0.15, 0.2) is 0 Å². The second-order valence-corrected chi connectivity index (χ2v) is 7.99. The van der Waals surface area contributed by atoms with Gasteiger partial charge in [-0.15, -0.1) is 6.92 Å². The first-order valence-corrected chi connectivity index (χ1v) is 10.1. The molecule has 0 heterocycles. The second kappa shape index (κ2) is 21.8. The molecule has 0 aliphatic carbocycles. The molecule has 0 aliphatic rings. The maximum Gasteiger partial charge on any atom is 0 e. The minimum absolute atomic E-state index is 0. The SMILES string of the molecule is C[CH-]C.[CH2-]/C=C(\C)CCCC(C)CCCC(C)CCCC(C)C.[Y]. The summed E-state index contributed by atoms with van der Waals surface area (Å²) in [4.78, 5) is 0. The molecule has 24 heavy (non-hydrogen) atoms. The Labute approximate surface area is 180 Å². The molecule has 1 radical (unpaired) electrons. The van der Waals surface area contributed by atoms with E-state index in [0.29, 0.717) is 0 Å². The Kier molecular flexibility index (Phi) is 26.7. The van der Waals surface area contributed by atoms with E-state index in [4.69, 9.17) is 0 Å². The third-order valence-corrected chi connectivity index (χ3v) is 4.49. The van der Waals surface area contributed by atoms with Crippen molar-refractivity contribution in [3.8, 4) is 0 Å². The van der Waals surface area contributed by atoms with Gasteiger partial charge in [-0.2, -0.15) is 13.8 Å². The molecule has 0 saturated heterocycles. The third kappa shape index (κ3) is 25.0. The van der Waals surface area contributed by atoms with Gasteiger partial charge in [0.05, 0.1) is 0 Å². The molecule has 0 aromatic rings. The summed E-state index contributed by atoms with van der Waals surface area (Å²) in [5.74, 6) is 2.70. The molecule has 2 unspecified atom stereocenters. The van der Waals surface area contributed by atoms with Crippen LogP contribution >= 0.6 is 0 Å². The Hall–Kier alpha value is 0.714. The summed E-state index contributed by atoms with van der Waals surface area (Å²) in [5.41, 5.74) is 1.44. The van der Waals surface area contributed by atoms with Gasteiger partial charge in [0.2, 0.25) is 0 Å². The first-order chi connectivity index (χ1) is 10.9. The van der Waals surface area contributed by atoms with Gasteiger partial charge in [-0.3, -0.25) is 0 Å². The van der Waals surface area contributed by atoms with Crippen molar-refractivity contribution >= 4 is 0 Å². The molecule has 0 aromatic heterocycles. The van der Waals surface area contributed by atoms with Crippen LogP contribution in [-0.2, 0) is 32.7 Å². The van der Waals surface area contributed by atoms with Gasteiger partial charge in [0, 0.05) is 32.7 Å². The van der Waals surface area contributed by atoms with Crippen molar-refractivity contribution in [2.45, 2.75) is 106 Å². The zero-order valence-corrected chi connectivity index (χ0v) is 20.9. The van der Waals surface area contributed by atoms with E-state index in [1.165, 1.54) is 63.4 Å². The Morgan fingerprint density at radius 2 is 1.21 bits per heavy atom. The minimum atomic E-state index is 0. The van der Waals surface area contributed by atoms with Crippen LogP contribution in [0.3, 0.4) is 0 Å². The minimum Gasteiger partial charge on any atom is -0.335 e. The summed E-state index contributed by atoms with van der Waals surface area (Å²) >= 11 is 0. The average Bonchev–Trinajstić information content (AvgIpc) is 2.47. The summed E-state index contributed by atoms with van der Waals surface area (Å²) in [6.07, 6.45) is 16.5. The van der Waals surface area contributed by atoms with Crippen molar-refractivity contribution in [1.29, 1.82) is 0 Å². The molecule has 0 saturated carbocycles. The van der Waals surface area contributed by atoms with Crippen LogP contribution in [0.15, 0.2) is 11.6 Å². The smallest absolute Gasteiger partial charge is 0 e. The van der Waals surface area contributed by atoms with E-state index in [9.17, 15) is 0 Å². The van der Waals surface area contributed by atoms with E-state index in [1.54, 1.807) is 0 Å². The topological polar surface area (TPSA) is 0 Å². The summed E-state index contributed by atoms with van der Waals surface area (Å²) in [6.45, 7) is 19.5. The fourth-order valence-electron chi connectivity index (χ4n) is 2.81. The normalized spacial score (nSPS) is 13.8. The maximum absolute atomic E-state index is 3.83. The Balaban J connectivity index is -0.00000102. The van der Waals surface area contributed by atoms with Crippen molar-refractivity contribution < 1.29 is 32.7 Å². The monoisotopic (exact) mass is 411 g/mol. The summed E-state index contributed by atoms with van der Waals surface area (Å²) in [7, 11) is 0. The van der Waals surface area contributed by atoms with E-state index in [1.807, 2.05) is 26.3 Å². The van der Waals surface area contributed by atoms with Crippen molar-refractivity contribution in [3.63, 3.8) is 0 Å². The van der Waals surface area contributed by atoms with Crippen LogP contribution in [-0.4, -0.2) is 0 Å². The Morgan fingerprint density at radius 1 is 0.833 bits per heavy atom. The molecular weight excluding hydrogens is 365 g/mol. The van der Waals surface area contributed by atoms with Crippen LogP contribution in [0.5, 0.6) is 0 Å². The molecule has 0 spiro atoms. The van der Waals surface area contributed by atoms with E-state index in [0.717, 1.165) is 17.8 Å². The standard InChI is InChI=1S/C20H39.C3H7.Y/c1-7-18(4)12-9-14-20(6)16-10-15-19(5)13-8-11-17(2)3;1-3-2;/h7,17,19-20H,1,8-16H2,2-6H3;3H,1-2H3;/q2*-1;/b18-7+;;. The van der Waals surface area contributed by atoms with E-state index in [2.05, 4.69) is 41.5 Å². The van der Waals surface area contributed by atoms with Crippen molar-refractivity contribution in [2.75, 3.05) is 0 Å². The van der Waals surface area contributed by atoms with Gasteiger partial charge >= 0.3 is 0 Å². The number of hydrogen-bond acceptors (Lipinski definition) is 0. The molecule has 143 valence electrons. The van der Waals surface area contributed by atoms with Gasteiger partial charge in [0.1, 0.15) is 0 Å². The number of allylic oxidation sites excluding steroid dienone is 2. The van der Waals surface area contributed by atoms with Gasteiger partial charge in [0.25, 0.3) is 0 Å². The molecule has 0 rings (SSSR count). The molecule has 0 nitrogen and oxygen atoms in total. The first kappa shape index (κ1) is 29.5. The number of hydrogen-bond donors (Lipinski definition) is 0. The molecule has 0 N–H and O–H groups in total. The summed E-state index contributed by atoms with van der Waals surface area (Å²) in [6, 6.07) is 0. The largest absolute Gasteiger partial charge is 0.335 e. The molecular formula is C23H46Y-2. The second-order valence-electron chi connectivity index (χ2n) is 7.99. The zero-order valence-electron chi connectivity index (χ0n) is 18.0. The van der Waals surface area contributed by atoms with Gasteiger partial charge in [-0.05, 0) is 17.8 Å². The fraction of sp³-hybridized carbons (Fsp3) is 0.826. The van der Waals surface area contributed by atoms with Crippen LogP contribution in [0.4, 0.5) is 0 Å². The summed E-state index contributed by atoms with van der Waals surface area (Å²) in [5, 5.41) is 0.